The molecule has 1 aliphatic heterocycles. The number of benzene rings is 2. The predicted molar refractivity (Wildman–Crippen MR) is 97.5 cm³/mol. The van der Waals surface area contributed by atoms with Gasteiger partial charge >= 0.3 is 0 Å². The number of hydrogen-bond acceptors (Lipinski definition) is 2. The second-order valence-electron chi connectivity index (χ2n) is 7.06. The maximum Gasteiger partial charge on any atom is 0.251 e. The van der Waals surface area contributed by atoms with Gasteiger partial charge in [-0.05, 0) is 55.0 Å². The fourth-order valence-electron chi connectivity index (χ4n) is 3.40. The van der Waals surface area contributed by atoms with Crippen molar-refractivity contribution in [1.29, 1.82) is 0 Å². The average molecular weight is 334 g/mol. The summed E-state index contributed by atoms with van der Waals surface area (Å²) in [5.74, 6) is 0.524. The van der Waals surface area contributed by atoms with E-state index in [0.717, 1.165) is 31.5 Å². The maximum atomic E-state index is 12.3. The standard InChI is InChI=1S/C21H22N2O2/c24-20-13-16(14-23(20)19-4-2-1-3-5-19)12-15-6-8-17(9-7-15)21(25)22-18-10-11-18/h1-9,16,18H,10-14H2,(H,22,25). The molecule has 2 aliphatic rings. The topological polar surface area (TPSA) is 49.4 Å². The van der Waals surface area contributed by atoms with Crippen LogP contribution in [-0.2, 0) is 11.2 Å². The third kappa shape index (κ3) is 3.73. The highest BCUT2D eigenvalue weighted by molar-refractivity contribution is 5.96. The summed E-state index contributed by atoms with van der Waals surface area (Å²) in [6.07, 6.45) is 3.63. The van der Waals surface area contributed by atoms with Crippen molar-refractivity contribution in [2.24, 2.45) is 5.92 Å². The zero-order chi connectivity index (χ0) is 17.2. The summed E-state index contributed by atoms with van der Waals surface area (Å²) in [7, 11) is 0. The molecule has 2 aromatic carbocycles. The lowest BCUT2D eigenvalue weighted by molar-refractivity contribution is -0.117. The van der Waals surface area contributed by atoms with Gasteiger partial charge < -0.3 is 10.2 Å². The van der Waals surface area contributed by atoms with Crippen LogP contribution in [-0.4, -0.2) is 24.4 Å². The molecule has 2 aromatic rings. The Morgan fingerprint density at radius 3 is 2.44 bits per heavy atom. The Kier molecular flexibility index (Phi) is 4.26. The third-order valence-electron chi connectivity index (χ3n) is 4.93. The summed E-state index contributed by atoms with van der Waals surface area (Å²) in [6.45, 7) is 0.757. The highest BCUT2D eigenvalue weighted by Crippen LogP contribution is 2.27. The van der Waals surface area contributed by atoms with E-state index in [1.165, 1.54) is 5.56 Å². The van der Waals surface area contributed by atoms with Crippen LogP contribution in [0.1, 0.15) is 35.2 Å². The molecule has 128 valence electrons. The Bertz CT molecular complexity index is 766. The van der Waals surface area contributed by atoms with Crippen molar-refractivity contribution in [2.45, 2.75) is 31.7 Å². The first-order valence-electron chi connectivity index (χ1n) is 8.94. The second kappa shape index (κ2) is 6.71. The van der Waals surface area contributed by atoms with Gasteiger partial charge in [0.05, 0.1) is 0 Å². The van der Waals surface area contributed by atoms with E-state index >= 15 is 0 Å². The Morgan fingerprint density at radius 1 is 1.04 bits per heavy atom. The van der Waals surface area contributed by atoms with Crippen LogP contribution < -0.4 is 10.2 Å². The Hall–Kier alpha value is -2.62. The number of anilines is 1. The minimum absolute atomic E-state index is 0.0142. The van der Waals surface area contributed by atoms with Crippen molar-refractivity contribution in [1.82, 2.24) is 5.32 Å². The van der Waals surface area contributed by atoms with Crippen LogP contribution >= 0.6 is 0 Å². The summed E-state index contributed by atoms with van der Waals surface area (Å²) in [5, 5.41) is 3.00. The number of para-hydroxylation sites is 1. The van der Waals surface area contributed by atoms with E-state index in [1.807, 2.05) is 59.5 Å². The van der Waals surface area contributed by atoms with E-state index in [1.54, 1.807) is 0 Å². The van der Waals surface area contributed by atoms with Gasteiger partial charge in [0.1, 0.15) is 0 Å². The monoisotopic (exact) mass is 334 g/mol. The minimum atomic E-state index is 0.0142. The highest BCUT2D eigenvalue weighted by Gasteiger charge is 2.30. The zero-order valence-corrected chi connectivity index (χ0v) is 14.2. The van der Waals surface area contributed by atoms with Crippen LogP contribution in [0.15, 0.2) is 54.6 Å². The first-order chi connectivity index (χ1) is 12.2. The van der Waals surface area contributed by atoms with Crippen molar-refractivity contribution in [3.63, 3.8) is 0 Å². The van der Waals surface area contributed by atoms with E-state index in [9.17, 15) is 9.59 Å². The minimum Gasteiger partial charge on any atom is -0.349 e. The molecule has 25 heavy (non-hydrogen) atoms. The van der Waals surface area contributed by atoms with Crippen LogP contribution in [0.4, 0.5) is 5.69 Å². The van der Waals surface area contributed by atoms with Crippen molar-refractivity contribution in [3.8, 4) is 0 Å². The predicted octanol–water partition coefficient (Wildman–Crippen LogP) is 3.17. The Morgan fingerprint density at radius 2 is 1.76 bits per heavy atom. The number of hydrogen-bond donors (Lipinski definition) is 1. The number of carbonyl (C=O) groups excluding carboxylic acids is 2. The summed E-state index contributed by atoms with van der Waals surface area (Å²) in [5.41, 5.74) is 2.86. The lowest BCUT2D eigenvalue weighted by Crippen LogP contribution is -2.25. The van der Waals surface area contributed by atoms with Gasteiger partial charge in [-0.1, -0.05) is 30.3 Å². The molecule has 1 unspecified atom stereocenters. The molecule has 1 saturated carbocycles. The summed E-state index contributed by atoms with van der Waals surface area (Å²) in [6, 6.07) is 18.0. The third-order valence-corrected chi connectivity index (χ3v) is 4.93. The molecular weight excluding hydrogens is 312 g/mol. The molecule has 4 nitrogen and oxygen atoms in total. The lowest BCUT2D eigenvalue weighted by atomic mass is 9.97. The quantitative estimate of drug-likeness (QED) is 0.913. The van der Waals surface area contributed by atoms with Crippen molar-refractivity contribution >= 4 is 17.5 Å². The average Bonchev–Trinajstić information content (AvgIpc) is 3.37. The SMILES string of the molecule is O=C(NC1CC1)c1ccc(CC2CC(=O)N(c3ccccc3)C2)cc1. The molecular formula is C21H22N2O2. The molecule has 0 radical (unpaired) electrons. The van der Waals surface area contributed by atoms with Gasteiger partial charge in [-0.25, -0.2) is 0 Å². The van der Waals surface area contributed by atoms with E-state index < -0.39 is 0 Å². The van der Waals surface area contributed by atoms with Crippen LogP contribution in [0.25, 0.3) is 0 Å². The lowest BCUT2D eigenvalue weighted by Gasteiger charge is -2.16. The molecule has 1 N–H and O–H groups in total. The van der Waals surface area contributed by atoms with E-state index in [2.05, 4.69) is 5.32 Å². The summed E-state index contributed by atoms with van der Waals surface area (Å²) in [4.78, 5) is 26.2. The molecule has 0 aromatic heterocycles. The number of nitrogens with one attached hydrogen (secondary N) is 1. The number of amides is 2. The zero-order valence-electron chi connectivity index (χ0n) is 14.2. The molecule has 2 fully saturated rings. The smallest absolute Gasteiger partial charge is 0.251 e. The molecule has 0 spiro atoms. The van der Waals surface area contributed by atoms with Gasteiger partial charge in [0, 0.05) is 30.3 Å². The molecule has 0 bridgehead atoms. The van der Waals surface area contributed by atoms with Crippen molar-refractivity contribution in [2.75, 3.05) is 11.4 Å². The largest absolute Gasteiger partial charge is 0.349 e. The van der Waals surface area contributed by atoms with Crippen LogP contribution in [0, 0.1) is 5.92 Å². The Balaban J connectivity index is 1.37. The van der Waals surface area contributed by atoms with Gasteiger partial charge in [-0.15, -0.1) is 0 Å². The molecule has 1 heterocycles. The molecule has 4 rings (SSSR count). The maximum absolute atomic E-state index is 12.3. The number of nitrogens with zero attached hydrogens (tertiary/aromatic N) is 1. The normalized spacial score (nSPS) is 19.9. The molecule has 4 heteroatoms. The Labute approximate surface area is 147 Å². The van der Waals surface area contributed by atoms with Gasteiger partial charge in [-0.3, -0.25) is 9.59 Å². The van der Waals surface area contributed by atoms with Gasteiger partial charge in [0.25, 0.3) is 5.91 Å². The highest BCUT2D eigenvalue weighted by atomic mass is 16.2. The van der Waals surface area contributed by atoms with E-state index in [4.69, 9.17) is 0 Å². The number of rotatable bonds is 5. The van der Waals surface area contributed by atoms with E-state index in [0.29, 0.717) is 23.9 Å². The molecule has 1 saturated heterocycles. The van der Waals surface area contributed by atoms with Crippen LogP contribution in [0.2, 0.25) is 0 Å². The first kappa shape index (κ1) is 15.9. The van der Waals surface area contributed by atoms with Gasteiger partial charge in [0.15, 0.2) is 0 Å². The fraction of sp³-hybridized carbons (Fsp3) is 0.333. The van der Waals surface area contributed by atoms with Gasteiger partial charge in [0.2, 0.25) is 5.91 Å². The van der Waals surface area contributed by atoms with Crippen LogP contribution in [0.3, 0.4) is 0 Å². The summed E-state index contributed by atoms with van der Waals surface area (Å²) >= 11 is 0. The van der Waals surface area contributed by atoms with Gasteiger partial charge in [-0.2, -0.15) is 0 Å². The molecule has 1 aliphatic carbocycles. The van der Waals surface area contributed by atoms with Crippen molar-refractivity contribution < 1.29 is 9.59 Å². The summed E-state index contributed by atoms with van der Waals surface area (Å²) < 4.78 is 0. The van der Waals surface area contributed by atoms with Crippen molar-refractivity contribution in [3.05, 3.63) is 65.7 Å². The number of carbonyl (C=O) groups is 2. The first-order valence-corrected chi connectivity index (χ1v) is 8.94. The second-order valence-corrected chi connectivity index (χ2v) is 7.06. The van der Waals surface area contributed by atoms with Crippen LogP contribution in [0.5, 0.6) is 0 Å². The fourth-order valence-corrected chi connectivity index (χ4v) is 3.40. The molecule has 2 amide bonds. The van der Waals surface area contributed by atoms with E-state index in [-0.39, 0.29) is 11.8 Å². The molecule has 1 atom stereocenters.